The largest absolute Gasteiger partial charge is 0.287 e. The molecule has 0 heterocycles. The monoisotopic (exact) mass is 195 g/mol. The van der Waals surface area contributed by atoms with Crippen LogP contribution in [0.3, 0.4) is 0 Å². The Morgan fingerprint density at radius 3 is 1.83 bits per heavy atom. The van der Waals surface area contributed by atoms with Crippen LogP contribution in [0.2, 0.25) is 0 Å². The zero-order valence-electron chi connectivity index (χ0n) is 7.58. The standard InChI is InChI=1S/C8H12ClF2N/c1-5(2)6(9)7(12-4)8(3,10)11/h1-4H3/b12-7+. The molecule has 12 heavy (non-hydrogen) atoms. The molecule has 0 bridgehead atoms. The van der Waals surface area contributed by atoms with E-state index in [1.54, 1.807) is 13.8 Å². The summed E-state index contributed by atoms with van der Waals surface area (Å²) in [5.74, 6) is -2.97. The molecule has 0 aliphatic carbocycles. The van der Waals surface area contributed by atoms with Crippen LogP contribution in [0, 0.1) is 0 Å². The molecule has 0 amide bonds. The van der Waals surface area contributed by atoms with E-state index in [9.17, 15) is 8.78 Å². The number of hydrogen-bond donors (Lipinski definition) is 0. The highest BCUT2D eigenvalue weighted by Crippen LogP contribution is 2.24. The van der Waals surface area contributed by atoms with Crippen LogP contribution >= 0.6 is 11.6 Å². The summed E-state index contributed by atoms with van der Waals surface area (Å²) in [7, 11) is 1.30. The van der Waals surface area contributed by atoms with Gasteiger partial charge in [-0.25, -0.2) is 0 Å². The summed E-state index contributed by atoms with van der Waals surface area (Å²) in [6.45, 7) is 4.11. The average Bonchev–Trinajstić information content (AvgIpc) is 1.85. The van der Waals surface area contributed by atoms with Crippen molar-refractivity contribution in [3.63, 3.8) is 0 Å². The fourth-order valence-corrected chi connectivity index (χ4v) is 0.974. The number of halogens is 3. The van der Waals surface area contributed by atoms with Gasteiger partial charge in [0.15, 0.2) is 0 Å². The fraction of sp³-hybridized carbons (Fsp3) is 0.625. The molecule has 0 aromatic heterocycles. The molecule has 70 valence electrons. The maximum absolute atomic E-state index is 12.7. The molecule has 0 unspecified atom stereocenters. The number of aliphatic imine (C=N–C) groups is 1. The van der Waals surface area contributed by atoms with Gasteiger partial charge in [-0.3, -0.25) is 4.99 Å². The topological polar surface area (TPSA) is 12.4 Å². The Kier molecular flexibility index (Phi) is 3.84. The normalized spacial score (nSPS) is 13.1. The minimum absolute atomic E-state index is 0.0463. The molecule has 0 atom stereocenters. The smallest absolute Gasteiger partial charge is 0.285 e. The molecule has 0 aromatic carbocycles. The molecule has 0 rings (SSSR count). The second-order valence-corrected chi connectivity index (χ2v) is 3.15. The molecule has 0 N–H and O–H groups in total. The second-order valence-electron chi connectivity index (χ2n) is 2.77. The number of rotatable bonds is 2. The molecule has 0 spiro atoms. The Bertz CT molecular complexity index is 222. The highest BCUT2D eigenvalue weighted by molar-refractivity contribution is 6.44. The zero-order valence-corrected chi connectivity index (χ0v) is 8.34. The Balaban J connectivity index is 5.00. The van der Waals surface area contributed by atoms with Crippen LogP contribution in [0.25, 0.3) is 0 Å². The van der Waals surface area contributed by atoms with Crippen LogP contribution in [0.4, 0.5) is 8.78 Å². The van der Waals surface area contributed by atoms with Gasteiger partial charge in [0.1, 0.15) is 5.71 Å². The molecule has 0 saturated carbocycles. The van der Waals surface area contributed by atoms with Gasteiger partial charge in [0.25, 0.3) is 5.92 Å². The molecular weight excluding hydrogens is 184 g/mol. The van der Waals surface area contributed by atoms with E-state index in [0.29, 0.717) is 5.57 Å². The van der Waals surface area contributed by atoms with Gasteiger partial charge in [0, 0.05) is 14.0 Å². The summed E-state index contributed by atoms with van der Waals surface area (Å²) in [5.41, 5.74) is 0.281. The summed E-state index contributed by atoms with van der Waals surface area (Å²) < 4.78 is 25.5. The maximum Gasteiger partial charge on any atom is 0.287 e. The first-order valence-corrected chi connectivity index (χ1v) is 3.87. The summed E-state index contributed by atoms with van der Waals surface area (Å²) in [6, 6.07) is 0. The van der Waals surface area contributed by atoms with Crippen LogP contribution in [0.1, 0.15) is 20.8 Å². The first kappa shape index (κ1) is 11.6. The highest BCUT2D eigenvalue weighted by Gasteiger charge is 2.31. The lowest BCUT2D eigenvalue weighted by Crippen LogP contribution is -2.25. The second kappa shape index (κ2) is 3.99. The zero-order chi connectivity index (χ0) is 9.94. The quantitative estimate of drug-likeness (QED) is 0.600. The molecule has 0 radical (unpaired) electrons. The molecule has 0 aromatic rings. The lowest BCUT2D eigenvalue weighted by molar-refractivity contribution is 0.101. The first-order valence-electron chi connectivity index (χ1n) is 3.49. The summed E-state index contributed by atoms with van der Waals surface area (Å²) >= 11 is 5.64. The van der Waals surface area contributed by atoms with Crippen molar-refractivity contribution in [1.29, 1.82) is 0 Å². The Hall–Kier alpha value is -0.440. The molecule has 0 aliphatic rings. The van der Waals surface area contributed by atoms with Crippen LogP contribution in [-0.4, -0.2) is 18.7 Å². The van der Waals surface area contributed by atoms with Crippen molar-refractivity contribution in [3.05, 3.63) is 10.6 Å². The van der Waals surface area contributed by atoms with Crippen molar-refractivity contribution in [3.8, 4) is 0 Å². The Morgan fingerprint density at radius 2 is 1.75 bits per heavy atom. The van der Waals surface area contributed by atoms with Gasteiger partial charge in [0.05, 0.1) is 5.03 Å². The lowest BCUT2D eigenvalue weighted by Gasteiger charge is -2.13. The molecule has 1 nitrogen and oxygen atoms in total. The summed E-state index contributed by atoms with van der Waals surface area (Å²) in [6.07, 6.45) is 0. The number of hydrogen-bond acceptors (Lipinski definition) is 1. The van der Waals surface area contributed by atoms with Gasteiger partial charge in [-0.15, -0.1) is 0 Å². The van der Waals surface area contributed by atoms with Crippen molar-refractivity contribution < 1.29 is 8.78 Å². The van der Waals surface area contributed by atoms with Crippen LogP contribution in [0.5, 0.6) is 0 Å². The van der Waals surface area contributed by atoms with Crippen LogP contribution in [-0.2, 0) is 0 Å². The summed E-state index contributed by atoms with van der Waals surface area (Å²) in [4.78, 5) is 3.46. The van der Waals surface area contributed by atoms with Gasteiger partial charge in [-0.1, -0.05) is 17.2 Å². The van der Waals surface area contributed by atoms with Crippen molar-refractivity contribution in [2.45, 2.75) is 26.7 Å². The van der Waals surface area contributed by atoms with Crippen molar-refractivity contribution in [2.75, 3.05) is 7.05 Å². The predicted molar refractivity (Wildman–Crippen MR) is 48.2 cm³/mol. The first-order chi connectivity index (χ1) is 5.30. The minimum atomic E-state index is -2.97. The lowest BCUT2D eigenvalue weighted by atomic mass is 10.1. The van der Waals surface area contributed by atoms with Gasteiger partial charge >= 0.3 is 0 Å². The van der Waals surface area contributed by atoms with E-state index in [4.69, 9.17) is 11.6 Å². The number of allylic oxidation sites excluding steroid dienone is 2. The molecular formula is C8H12ClF2N. The Labute approximate surface area is 76.1 Å². The highest BCUT2D eigenvalue weighted by atomic mass is 35.5. The van der Waals surface area contributed by atoms with Gasteiger partial charge in [-0.05, 0) is 13.8 Å². The minimum Gasteiger partial charge on any atom is -0.285 e. The third kappa shape index (κ3) is 2.89. The Morgan fingerprint density at radius 1 is 1.33 bits per heavy atom. The van der Waals surface area contributed by atoms with Crippen LogP contribution in [0.15, 0.2) is 15.6 Å². The van der Waals surface area contributed by atoms with E-state index in [-0.39, 0.29) is 10.7 Å². The third-order valence-corrected chi connectivity index (χ3v) is 1.84. The van der Waals surface area contributed by atoms with Crippen molar-refractivity contribution >= 4 is 17.3 Å². The maximum atomic E-state index is 12.7. The van der Waals surface area contributed by atoms with Gasteiger partial charge in [-0.2, -0.15) is 8.78 Å². The van der Waals surface area contributed by atoms with Crippen molar-refractivity contribution in [1.82, 2.24) is 0 Å². The number of nitrogens with zero attached hydrogens (tertiary/aromatic N) is 1. The van der Waals surface area contributed by atoms with Crippen LogP contribution < -0.4 is 0 Å². The molecule has 0 aliphatic heterocycles. The van der Waals surface area contributed by atoms with E-state index in [1.165, 1.54) is 7.05 Å². The van der Waals surface area contributed by atoms with Crippen molar-refractivity contribution in [2.24, 2.45) is 4.99 Å². The molecule has 0 saturated heterocycles. The molecule has 0 fully saturated rings. The van der Waals surface area contributed by atoms with E-state index < -0.39 is 5.92 Å². The SMILES string of the molecule is C/N=C(\C(Cl)=C(C)C)C(C)(F)F. The average molecular weight is 196 g/mol. The third-order valence-electron chi connectivity index (χ3n) is 1.29. The van der Waals surface area contributed by atoms with E-state index in [2.05, 4.69) is 4.99 Å². The molecule has 4 heteroatoms. The van der Waals surface area contributed by atoms with E-state index in [1.807, 2.05) is 0 Å². The van der Waals surface area contributed by atoms with Gasteiger partial charge < -0.3 is 0 Å². The number of alkyl halides is 2. The summed E-state index contributed by atoms with van der Waals surface area (Å²) in [5, 5.41) is 0.0463. The van der Waals surface area contributed by atoms with Gasteiger partial charge in [0.2, 0.25) is 0 Å². The van der Waals surface area contributed by atoms with E-state index in [0.717, 1.165) is 6.92 Å². The predicted octanol–water partition coefficient (Wildman–Crippen LogP) is 3.25. The van der Waals surface area contributed by atoms with E-state index >= 15 is 0 Å². The fourth-order valence-electron chi connectivity index (χ4n) is 0.724.